The van der Waals surface area contributed by atoms with Crippen molar-refractivity contribution in [3.05, 3.63) is 29.8 Å². The Hall–Kier alpha value is -2.65. The van der Waals surface area contributed by atoms with Gasteiger partial charge in [0.1, 0.15) is 6.04 Å². The first-order valence-electron chi connectivity index (χ1n) is 9.48. The predicted octanol–water partition coefficient (Wildman–Crippen LogP) is 1.82. The average Bonchev–Trinajstić information content (AvgIpc) is 2.78. The highest BCUT2D eigenvalue weighted by Gasteiger charge is 2.52. The minimum atomic E-state index is -1.40. The van der Waals surface area contributed by atoms with Crippen molar-refractivity contribution in [3.63, 3.8) is 0 Å². The first-order valence-corrected chi connectivity index (χ1v) is 9.48. The maximum Gasteiger partial charge on any atom is 0.326 e. The second-order valence-electron chi connectivity index (χ2n) is 8.62. The molecule has 1 radical (unpaired) electrons. The van der Waals surface area contributed by atoms with Gasteiger partial charge in [0.25, 0.3) is 0 Å². The molecule has 2 amide bonds. The van der Waals surface area contributed by atoms with E-state index in [0.29, 0.717) is 6.42 Å². The van der Waals surface area contributed by atoms with E-state index in [9.17, 15) is 24.7 Å². The molecule has 0 saturated carbocycles. The molecular weight excluding hydrogens is 376 g/mol. The summed E-state index contributed by atoms with van der Waals surface area (Å²) in [6.07, 6.45) is 0.172. The number of carbonyl (C=O) groups is 3. The number of hydrogen-bond acceptors (Lipinski definition) is 5. The third-order valence-electron chi connectivity index (χ3n) is 5.58. The first-order chi connectivity index (χ1) is 13.4. The summed E-state index contributed by atoms with van der Waals surface area (Å²) in [7, 11) is 0. The van der Waals surface area contributed by atoms with Crippen molar-refractivity contribution < 1.29 is 24.7 Å². The number of amides is 2. The van der Waals surface area contributed by atoms with E-state index < -0.39 is 41.3 Å². The van der Waals surface area contributed by atoms with Gasteiger partial charge in [-0.15, -0.1) is 10.3 Å². The van der Waals surface area contributed by atoms with Gasteiger partial charge in [0.15, 0.2) is 5.78 Å². The van der Waals surface area contributed by atoms with Crippen molar-refractivity contribution in [2.24, 2.45) is 5.92 Å². The van der Waals surface area contributed by atoms with Crippen molar-refractivity contribution in [2.75, 3.05) is 12.3 Å². The van der Waals surface area contributed by atoms with Crippen LogP contribution >= 0.6 is 0 Å². The monoisotopic (exact) mass is 405 g/mol. The number of urea groups is 1. The number of carbonyl (C=O) groups excluding carboxylic acids is 2. The summed E-state index contributed by atoms with van der Waals surface area (Å²) >= 11 is 0. The molecule has 0 aliphatic carbocycles. The Morgan fingerprint density at radius 1 is 1.24 bits per heavy atom. The molecule has 29 heavy (non-hydrogen) atoms. The number of carboxylic acid groups (broad SMARTS) is 1. The van der Waals surface area contributed by atoms with E-state index in [4.69, 9.17) is 5.73 Å². The van der Waals surface area contributed by atoms with E-state index in [1.807, 2.05) is 27.7 Å². The van der Waals surface area contributed by atoms with E-state index in [0.717, 1.165) is 5.06 Å². The third kappa shape index (κ3) is 5.04. The van der Waals surface area contributed by atoms with Crippen LogP contribution in [0, 0.1) is 5.92 Å². The second kappa shape index (κ2) is 8.38. The molecule has 1 heterocycles. The number of nitrogens with two attached hydrogens (primary N) is 1. The van der Waals surface area contributed by atoms with Crippen LogP contribution in [0.25, 0.3) is 0 Å². The molecule has 9 nitrogen and oxygen atoms in total. The molecule has 2 unspecified atom stereocenters. The standard InChI is InChI=1S/C20H29N4O5/c1-19(2)10-12(20(3,4)24(19)29)11-22-18(28)23-15(17(26)27)9-16(25)13-7-5-6-8-14(13)21/h5-8,12,15H,9-11,21H2,1-4H3,(H,26,27)(H2,22,23,28). The van der Waals surface area contributed by atoms with Gasteiger partial charge in [-0.1, -0.05) is 12.1 Å². The topological polar surface area (TPSA) is 145 Å². The van der Waals surface area contributed by atoms with Crippen LogP contribution in [0.1, 0.15) is 50.9 Å². The zero-order valence-electron chi connectivity index (χ0n) is 17.2. The molecule has 0 spiro atoms. The number of benzene rings is 1. The minimum absolute atomic E-state index is 0.102. The summed E-state index contributed by atoms with van der Waals surface area (Å²) in [6.45, 7) is 7.56. The Balaban J connectivity index is 1.96. The zero-order valence-corrected chi connectivity index (χ0v) is 17.2. The van der Waals surface area contributed by atoms with Crippen LogP contribution < -0.4 is 16.4 Å². The summed E-state index contributed by atoms with van der Waals surface area (Å²) in [5.41, 5.74) is 5.01. The van der Waals surface area contributed by atoms with Crippen LogP contribution in [0.5, 0.6) is 0 Å². The van der Waals surface area contributed by atoms with E-state index in [1.54, 1.807) is 18.2 Å². The Morgan fingerprint density at radius 2 is 1.86 bits per heavy atom. The highest BCUT2D eigenvalue weighted by Crippen LogP contribution is 2.43. The number of hydrogen-bond donors (Lipinski definition) is 4. The summed E-state index contributed by atoms with van der Waals surface area (Å²) in [4.78, 5) is 36.1. The molecule has 159 valence electrons. The summed E-state index contributed by atoms with van der Waals surface area (Å²) in [5, 5.41) is 27.8. The Kier molecular flexibility index (Phi) is 6.54. The summed E-state index contributed by atoms with van der Waals surface area (Å²) in [5.74, 6) is -1.90. The maximum absolute atomic E-state index is 12.4. The number of hydroxylamine groups is 2. The van der Waals surface area contributed by atoms with Crippen LogP contribution in [0.4, 0.5) is 10.5 Å². The van der Waals surface area contributed by atoms with Crippen LogP contribution in [-0.2, 0) is 10.0 Å². The molecular formula is C20H29N4O5. The molecule has 1 aliphatic rings. The number of nitrogen functional groups attached to an aromatic ring is 1. The highest BCUT2D eigenvalue weighted by molar-refractivity contribution is 6.03. The van der Waals surface area contributed by atoms with Gasteiger partial charge in [0.05, 0.1) is 0 Å². The van der Waals surface area contributed by atoms with E-state index in [1.165, 1.54) is 6.07 Å². The third-order valence-corrected chi connectivity index (χ3v) is 5.58. The smallest absolute Gasteiger partial charge is 0.326 e. The quantitative estimate of drug-likeness (QED) is 0.402. The average molecular weight is 405 g/mol. The Labute approximate surface area is 170 Å². The molecule has 1 aromatic carbocycles. The van der Waals surface area contributed by atoms with E-state index in [-0.39, 0.29) is 23.7 Å². The number of para-hydroxylation sites is 1. The van der Waals surface area contributed by atoms with Crippen LogP contribution in [0.3, 0.4) is 0 Å². The molecule has 2 atom stereocenters. The van der Waals surface area contributed by atoms with Crippen molar-refractivity contribution in [1.82, 2.24) is 15.7 Å². The van der Waals surface area contributed by atoms with Gasteiger partial charge in [-0.3, -0.25) is 4.79 Å². The van der Waals surface area contributed by atoms with E-state index in [2.05, 4.69) is 10.6 Å². The van der Waals surface area contributed by atoms with Crippen molar-refractivity contribution in [2.45, 2.75) is 57.7 Å². The van der Waals surface area contributed by atoms with Gasteiger partial charge in [0, 0.05) is 35.3 Å². The van der Waals surface area contributed by atoms with Gasteiger partial charge < -0.3 is 21.5 Å². The number of nitrogens with zero attached hydrogens (tertiary/aromatic N) is 1. The predicted molar refractivity (Wildman–Crippen MR) is 107 cm³/mol. The minimum Gasteiger partial charge on any atom is -0.480 e. The zero-order chi connectivity index (χ0) is 22.0. The maximum atomic E-state index is 12.4. The van der Waals surface area contributed by atoms with E-state index >= 15 is 0 Å². The number of nitrogens with one attached hydrogen (secondary N) is 2. The van der Waals surface area contributed by atoms with Gasteiger partial charge in [-0.25, -0.2) is 9.59 Å². The van der Waals surface area contributed by atoms with Crippen LogP contribution in [-0.4, -0.2) is 51.6 Å². The van der Waals surface area contributed by atoms with Crippen molar-refractivity contribution in [1.29, 1.82) is 0 Å². The Bertz CT molecular complexity index is 793. The van der Waals surface area contributed by atoms with Gasteiger partial charge >= 0.3 is 12.0 Å². The lowest BCUT2D eigenvalue weighted by atomic mass is 9.87. The molecule has 1 aliphatic heterocycles. The molecule has 1 aromatic rings. The van der Waals surface area contributed by atoms with Crippen molar-refractivity contribution in [3.8, 4) is 0 Å². The number of anilines is 1. The fourth-order valence-electron chi connectivity index (χ4n) is 3.88. The lowest BCUT2D eigenvalue weighted by molar-refractivity contribution is -0.248. The molecule has 9 heteroatoms. The molecule has 2 rings (SSSR count). The molecule has 0 bridgehead atoms. The SMILES string of the molecule is CC1(C)CC(CNC(=O)NC(CC(=O)c2ccccc2N)C(=O)O)C(C)(C)N1[O]. The van der Waals surface area contributed by atoms with Crippen LogP contribution in [0.15, 0.2) is 24.3 Å². The molecule has 5 N–H and O–H groups in total. The molecule has 1 saturated heterocycles. The number of carboxylic acids is 1. The largest absolute Gasteiger partial charge is 0.480 e. The lowest BCUT2D eigenvalue weighted by Gasteiger charge is -2.33. The van der Waals surface area contributed by atoms with Gasteiger partial charge in [-0.05, 0) is 52.2 Å². The Morgan fingerprint density at radius 3 is 2.38 bits per heavy atom. The van der Waals surface area contributed by atoms with Gasteiger partial charge in [-0.2, -0.15) is 0 Å². The first kappa shape index (κ1) is 22.6. The fourth-order valence-corrected chi connectivity index (χ4v) is 3.88. The molecule has 1 fully saturated rings. The number of rotatable bonds is 7. The second-order valence-corrected chi connectivity index (χ2v) is 8.62. The number of ketones is 1. The van der Waals surface area contributed by atoms with Gasteiger partial charge in [0.2, 0.25) is 0 Å². The summed E-state index contributed by atoms with van der Waals surface area (Å²) < 4.78 is 0. The summed E-state index contributed by atoms with van der Waals surface area (Å²) in [6, 6.07) is 4.25. The molecule has 0 aromatic heterocycles. The number of Topliss-reactive ketones (excluding diaryl/α,β-unsaturated/α-hetero) is 1. The lowest BCUT2D eigenvalue weighted by Crippen LogP contribution is -2.50. The number of aliphatic carboxylic acids is 1. The van der Waals surface area contributed by atoms with Crippen LogP contribution in [0.2, 0.25) is 0 Å². The van der Waals surface area contributed by atoms with Crippen molar-refractivity contribution >= 4 is 23.5 Å². The normalized spacial score (nSPS) is 21.3. The fraction of sp³-hybridized carbons (Fsp3) is 0.550. The highest BCUT2D eigenvalue weighted by atomic mass is 16.5.